The number of hydrogen-bond acceptors (Lipinski definition) is 4. The normalized spacial score (nSPS) is 15.2. The van der Waals surface area contributed by atoms with Crippen molar-refractivity contribution in [3.63, 3.8) is 0 Å². The van der Waals surface area contributed by atoms with Gasteiger partial charge in [-0.3, -0.25) is 9.00 Å². The Bertz CT molecular complexity index is 850. The summed E-state index contributed by atoms with van der Waals surface area (Å²) in [5.74, 6) is 1.37. The van der Waals surface area contributed by atoms with Crippen LogP contribution in [0.4, 0.5) is 5.69 Å². The van der Waals surface area contributed by atoms with Crippen LogP contribution in [0.2, 0.25) is 0 Å². The lowest BCUT2D eigenvalue weighted by atomic mass is 10.1. The maximum absolute atomic E-state index is 12.6. The molecule has 0 saturated heterocycles. The van der Waals surface area contributed by atoms with Gasteiger partial charge in [-0.15, -0.1) is 0 Å². The molecular formula is C20H23NO4S. The third-order valence-corrected chi connectivity index (χ3v) is 5.97. The highest BCUT2D eigenvalue weighted by Crippen LogP contribution is 2.32. The van der Waals surface area contributed by atoms with Gasteiger partial charge < -0.3 is 14.8 Å². The van der Waals surface area contributed by atoms with Crippen LogP contribution in [0.5, 0.6) is 11.5 Å². The minimum Gasteiger partial charge on any atom is -0.486 e. The first-order valence-electron chi connectivity index (χ1n) is 8.58. The van der Waals surface area contributed by atoms with E-state index >= 15 is 0 Å². The zero-order valence-electron chi connectivity index (χ0n) is 15.2. The van der Waals surface area contributed by atoms with Gasteiger partial charge >= 0.3 is 0 Å². The molecule has 1 heterocycles. The van der Waals surface area contributed by atoms with Crippen molar-refractivity contribution >= 4 is 22.4 Å². The minimum atomic E-state index is -1.31. The zero-order valence-corrected chi connectivity index (χ0v) is 16.0. The first kappa shape index (κ1) is 18.5. The van der Waals surface area contributed by atoms with Crippen LogP contribution in [0.3, 0.4) is 0 Å². The van der Waals surface area contributed by atoms with Gasteiger partial charge in [-0.1, -0.05) is 23.8 Å². The van der Waals surface area contributed by atoms with Crippen LogP contribution in [0.15, 0.2) is 36.4 Å². The maximum atomic E-state index is 12.6. The van der Waals surface area contributed by atoms with Gasteiger partial charge in [0.2, 0.25) is 5.91 Å². The molecule has 3 rings (SSSR count). The van der Waals surface area contributed by atoms with E-state index in [9.17, 15) is 9.00 Å². The summed E-state index contributed by atoms with van der Waals surface area (Å²) >= 11 is 0. The SMILES string of the molecule is Cc1ccc(C)c(CS(=O)C(C)C(=O)Nc2ccc3c(c2)OCCO3)c1. The predicted octanol–water partition coefficient (Wildman–Crippen LogP) is 3.35. The molecule has 2 aromatic carbocycles. The molecule has 1 N–H and O–H groups in total. The number of amides is 1. The van der Waals surface area contributed by atoms with E-state index in [1.165, 1.54) is 0 Å². The van der Waals surface area contributed by atoms with Crippen molar-refractivity contribution in [1.29, 1.82) is 0 Å². The first-order chi connectivity index (χ1) is 12.4. The van der Waals surface area contributed by atoms with Crippen molar-refractivity contribution < 1.29 is 18.5 Å². The number of nitrogens with one attached hydrogen (secondary N) is 1. The van der Waals surface area contributed by atoms with E-state index in [0.717, 1.165) is 16.7 Å². The van der Waals surface area contributed by atoms with Crippen molar-refractivity contribution in [1.82, 2.24) is 0 Å². The van der Waals surface area contributed by atoms with E-state index in [2.05, 4.69) is 5.32 Å². The Balaban J connectivity index is 1.65. The first-order valence-corrected chi connectivity index (χ1v) is 9.96. The van der Waals surface area contributed by atoms with Crippen molar-refractivity contribution in [3.05, 3.63) is 53.1 Å². The average Bonchev–Trinajstić information content (AvgIpc) is 2.64. The lowest BCUT2D eigenvalue weighted by Crippen LogP contribution is -2.30. The summed E-state index contributed by atoms with van der Waals surface area (Å²) in [6.07, 6.45) is 0. The molecule has 1 amide bonds. The van der Waals surface area contributed by atoms with Crippen molar-refractivity contribution in [2.24, 2.45) is 0 Å². The van der Waals surface area contributed by atoms with Gasteiger partial charge in [0.25, 0.3) is 0 Å². The Labute approximate surface area is 156 Å². The van der Waals surface area contributed by atoms with Crippen LogP contribution < -0.4 is 14.8 Å². The standard InChI is InChI=1S/C20H23NO4S/c1-13-4-5-14(2)16(10-13)12-26(23)15(3)20(22)21-17-6-7-18-19(11-17)25-9-8-24-18/h4-7,10-11,15H,8-9,12H2,1-3H3,(H,21,22). The third kappa shape index (κ3) is 4.25. The van der Waals surface area contributed by atoms with Crippen LogP contribution in [0.25, 0.3) is 0 Å². The summed E-state index contributed by atoms with van der Waals surface area (Å²) in [5.41, 5.74) is 3.83. The molecule has 0 radical (unpaired) electrons. The van der Waals surface area contributed by atoms with Gasteiger partial charge in [-0.2, -0.15) is 0 Å². The van der Waals surface area contributed by atoms with Gasteiger partial charge in [0.15, 0.2) is 11.5 Å². The Morgan fingerprint density at radius 3 is 2.62 bits per heavy atom. The molecule has 6 heteroatoms. The van der Waals surface area contributed by atoms with Gasteiger partial charge in [-0.05, 0) is 44.0 Å². The molecule has 0 bridgehead atoms. The smallest absolute Gasteiger partial charge is 0.239 e. The Kier molecular flexibility index (Phi) is 5.61. The zero-order chi connectivity index (χ0) is 18.7. The number of anilines is 1. The maximum Gasteiger partial charge on any atom is 0.239 e. The van der Waals surface area contributed by atoms with Crippen molar-refractivity contribution in [3.8, 4) is 11.5 Å². The summed E-state index contributed by atoms with van der Waals surface area (Å²) in [6, 6.07) is 11.3. The second-order valence-corrected chi connectivity index (χ2v) is 8.20. The Morgan fingerprint density at radius 1 is 1.12 bits per heavy atom. The fourth-order valence-electron chi connectivity index (χ4n) is 2.72. The molecule has 0 fully saturated rings. The minimum absolute atomic E-state index is 0.273. The highest BCUT2D eigenvalue weighted by molar-refractivity contribution is 7.85. The summed E-state index contributed by atoms with van der Waals surface area (Å²) in [6.45, 7) is 6.69. The molecule has 0 aliphatic carbocycles. The highest BCUT2D eigenvalue weighted by Gasteiger charge is 2.22. The fourth-order valence-corrected chi connectivity index (χ4v) is 3.88. The van der Waals surface area contributed by atoms with Gasteiger partial charge in [0, 0.05) is 28.3 Å². The number of carbonyl (C=O) groups excluding carboxylic acids is 1. The molecule has 0 saturated carbocycles. The fraction of sp³-hybridized carbons (Fsp3) is 0.350. The third-order valence-electron chi connectivity index (χ3n) is 4.38. The molecule has 1 aliphatic heterocycles. The Morgan fingerprint density at radius 2 is 1.85 bits per heavy atom. The second kappa shape index (κ2) is 7.91. The van der Waals surface area contributed by atoms with Crippen molar-refractivity contribution in [2.75, 3.05) is 18.5 Å². The van der Waals surface area contributed by atoms with Crippen LogP contribution in [-0.2, 0) is 21.3 Å². The molecule has 138 valence electrons. The van der Waals surface area contributed by atoms with Crippen molar-refractivity contribution in [2.45, 2.75) is 31.8 Å². The van der Waals surface area contributed by atoms with Gasteiger partial charge in [0.05, 0.1) is 0 Å². The summed E-state index contributed by atoms with van der Waals surface area (Å²) in [7, 11) is -1.31. The summed E-state index contributed by atoms with van der Waals surface area (Å²) < 4.78 is 23.6. The molecular weight excluding hydrogens is 350 g/mol. The molecule has 0 spiro atoms. The number of benzene rings is 2. The monoisotopic (exact) mass is 373 g/mol. The summed E-state index contributed by atoms with van der Waals surface area (Å²) in [4.78, 5) is 12.5. The lowest BCUT2D eigenvalue weighted by molar-refractivity contribution is -0.115. The highest BCUT2D eigenvalue weighted by atomic mass is 32.2. The van der Waals surface area contributed by atoms with E-state index < -0.39 is 16.0 Å². The number of fused-ring (bicyclic) bond motifs is 1. The largest absolute Gasteiger partial charge is 0.486 e. The van der Waals surface area contributed by atoms with E-state index in [0.29, 0.717) is 36.2 Å². The summed E-state index contributed by atoms with van der Waals surface area (Å²) in [5, 5.41) is 2.19. The predicted molar refractivity (Wildman–Crippen MR) is 103 cm³/mol. The number of carbonyl (C=O) groups is 1. The number of ether oxygens (including phenoxy) is 2. The molecule has 1 aliphatic rings. The van der Waals surface area contributed by atoms with E-state index in [4.69, 9.17) is 9.47 Å². The molecule has 0 aromatic heterocycles. The van der Waals surface area contributed by atoms with Crippen LogP contribution in [0.1, 0.15) is 23.6 Å². The molecule has 2 atom stereocenters. The quantitative estimate of drug-likeness (QED) is 0.873. The van der Waals surface area contributed by atoms with Gasteiger partial charge in [-0.25, -0.2) is 0 Å². The van der Waals surface area contributed by atoms with E-state index in [1.54, 1.807) is 25.1 Å². The van der Waals surface area contributed by atoms with E-state index in [-0.39, 0.29) is 5.91 Å². The topological polar surface area (TPSA) is 64.6 Å². The van der Waals surface area contributed by atoms with Gasteiger partial charge in [0.1, 0.15) is 18.5 Å². The number of rotatable bonds is 5. The molecule has 2 aromatic rings. The second-order valence-electron chi connectivity index (χ2n) is 6.44. The van der Waals surface area contributed by atoms with Crippen LogP contribution in [-0.4, -0.2) is 28.6 Å². The van der Waals surface area contributed by atoms with E-state index in [1.807, 2.05) is 32.0 Å². The molecule has 26 heavy (non-hydrogen) atoms. The molecule has 5 nitrogen and oxygen atoms in total. The van der Waals surface area contributed by atoms with Crippen LogP contribution >= 0.6 is 0 Å². The lowest BCUT2D eigenvalue weighted by Gasteiger charge is -2.19. The Hall–Kier alpha value is -2.34. The number of hydrogen-bond donors (Lipinski definition) is 1. The molecule has 2 unspecified atom stereocenters. The van der Waals surface area contributed by atoms with Crippen LogP contribution in [0, 0.1) is 13.8 Å². The average molecular weight is 373 g/mol. The number of aryl methyl sites for hydroxylation is 2.